The molecule has 1 aromatic carbocycles. The first-order valence-corrected chi connectivity index (χ1v) is 7.57. The molecule has 1 fully saturated rings. The Balaban J connectivity index is 2.11. The van der Waals surface area contributed by atoms with Crippen molar-refractivity contribution in [1.29, 1.82) is 0 Å². The standard InChI is InChI=1S/C14H14BrF3N2O2/c1-13(22)4-9(5-13)20-11-7(6-19-12(20)21)2-8(15)3-10(11)14(16,17)18/h2-3,9,22H,4-6H2,1H3,(H,19,21). The summed E-state index contributed by atoms with van der Waals surface area (Å²) in [5.41, 5.74) is -1.46. The van der Waals surface area contributed by atoms with Gasteiger partial charge >= 0.3 is 12.2 Å². The van der Waals surface area contributed by atoms with Crippen LogP contribution < -0.4 is 10.2 Å². The van der Waals surface area contributed by atoms with E-state index >= 15 is 0 Å². The van der Waals surface area contributed by atoms with Gasteiger partial charge in [-0.05, 0) is 37.5 Å². The van der Waals surface area contributed by atoms with E-state index in [1.807, 2.05) is 0 Å². The lowest BCUT2D eigenvalue weighted by molar-refractivity contribution is -0.137. The van der Waals surface area contributed by atoms with E-state index in [1.54, 1.807) is 13.0 Å². The van der Waals surface area contributed by atoms with Crippen molar-refractivity contribution in [2.24, 2.45) is 0 Å². The van der Waals surface area contributed by atoms with Crippen LogP contribution in [0.15, 0.2) is 16.6 Å². The lowest BCUT2D eigenvalue weighted by atomic mass is 9.76. The van der Waals surface area contributed by atoms with Gasteiger partial charge in [-0.15, -0.1) is 0 Å². The summed E-state index contributed by atoms with van der Waals surface area (Å²) in [4.78, 5) is 13.3. The SMILES string of the molecule is CC1(O)CC(N2C(=O)NCc3cc(Br)cc(C(F)(F)F)c32)C1. The van der Waals surface area contributed by atoms with Gasteiger partial charge in [-0.3, -0.25) is 4.90 Å². The number of benzene rings is 1. The molecule has 1 heterocycles. The van der Waals surface area contributed by atoms with E-state index in [9.17, 15) is 23.1 Å². The van der Waals surface area contributed by atoms with Gasteiger partial charge < -0.3 is 10.4 Å². The van der Waals surface area contributed by atoms with E-state index in [0.29, 0.717) is 10.0 Å². The Morgan fingerprint density at radius 3 is 2.59 bits per heavy atom. The number of hydrogen-bond donors (Lipinski definition) is 2. The largest absolute Gasteiger partial charge is 0.418 e. The predicted octanol–water partition coefficient (Wildman–Crippen LogP) is 3.41. The number of carbonyl (C=O) groups excluding carboxylic acids is 1. The van der Waals surface area contributed by atoms with Crippen LogP contribution in [0.5, 0.6) is 0 Å². The van der Waals surface area contributed by atoms with Crippen molar-refractivity contribution in [1.82, 2.24) is 5.32 Å². The Labute approximate surface area is 133 Å². The number of nitrogens with one attached hydrogen (secondary N) is 1. The van der Waals surface area contributed by atoms with Crippen molar-refractivity contribution >= 4 is 27.6 Å². The zero-order chi connectivity index (χ0) is 16.3. The van der Waals surface area contributed by atoms with Gasteiger partial charge in [0.2, 0.25) is 0 Å². The molecule has 4 nitrogen and oxygen atoms in total. The van der Waals surface area contributed by atoms with Crippen LogP contribution in [0.3, 0.4) is 0 Å². The molecule has 1 aliphatic carbocycles. The summed E-state index contributed by atoms with van der Waals surface area (Å²) in [7, 11) is 0. The van der Waals surface area contributed by atoms with Gasteiger partial charge in [-0.2, -0.15) is 13.2 Å². The first-order chi connectivity index (χ1) is 10.1. The van der Waals surface area contributed by atoms with Crippen molar-refractivity contribution < 1.29 is 23.1 Å². The third kappa shape index (κ3) is 2.58. The molecule has 0 saturated heterocycles. The number of amides is 2. The highest BCUT2D eigenvalue weighted by molar-refractivity contribution is 9.10. The molecule has 3 rings (SSSR count). The average molecular weight is 379 g/mol. The molecule has 1 saturated carbocycles. The summed E-state index contributed by atoms with van der Waals surface area (Å²) in [6.07, 6.45) is -4.05. The minimum absolute atomic E-state index is 0.0519. The number of aliphatic hydroxyl groups is 1. The second-order valence-electron chi connectivity index (χ2n) is 6.05. The number of rotatable bonds is 1. The molecule has 2 aliphatic rings. The fourth-order valence-electron chi connectivity index (χ4n) is 3.13. The molecule has 1 aliphatic heterocycles. The molecule has 120 valence electrons. The molecule has 0 aromatic heterocycles. The van der Waals surface area contributed by atoms with Crippen LogP contribution in [-0.4, -0.2) is 22.8 Å². The number of alkyl halides is 3. The Bertz CT molecular complexity index is 638. The second-order valence-corrected chi connectivity index (χ2v) is 6.96. The number of nitrogens with zero attached hydrogens (tertiary/aromatic N) is 1. The molecule has 0 bridgehead atoms. The van der Waals surface area contributed by atoms with E-state index < -0.39 is 29.4 Å². The van der Waals surface area contributed by atoms with Crippen LogP contribution in [0.1, 0.15) is 30.9 Å². The van der Waals surface area contributed by atoms with Crippen molar-refractivity contribution in [3.8, 4) is 0 Å². The maximum Gasteiger partial charge on any atom is 0.418 e. The van der Waals surface area contributed by atoms with Gasteiger partial charge in [0.05, 0.1) is 16.9 Å². The highest BCUT2D eigenvalue weighted by Crippen LogP contribution is 2.46. The summed E-state index contributed by atoms with van der Waals surface area (Å²) in [5.74, 6) is 0. The molecule has 0 unspecified atom stereocenters. The molecule has 0 atom stereocenters. The van der Waals surface area contributed by atoms with E-state index in [4.69, 9.17) is 0 Å². The van der Waals surface area contributed by atoms with Crippen LogP contribution in [-0.2, 0) is 12.7 Å². The maximum absolute atomic E-state index is 13.4. The van der Waals surface area contributed by atoms with Gasteiger partial charge in [-0.25, -0.2) is 4.79 Å². The van der Waals surface area contributed by atoms with E-state index in [0.717, 1.165) is 11.0 Å². The Hall–Kier alpha value is -1.28. The summed E-state index contributed by atoms with van der Waals surface area (Å²) >= 11 is 3.08. The van der Waals surface area contributed by atoms with Crippen molar-refractivity contribution in [2.75, 3.05) is 4.90 Å². The van der Waals surface area contributed by atoms with Crippen LogP contribution in [0.4, 0.5) is 23.7 Å². The topological polar surface area (TPSA) is 52.6 Å². The number of anilines is 1. The van der Waals surface area contributed by atoms with Gasteiger partial charge in [-0.1, -0.05) is 15.9 Å². The zero-order valence-corrected chi connectivity index (χ0v) is 13.3. The minimum atomic E-state index is -4.56. The number of halogens is 4. The summed E-state index contributed by atoms with van der Waals surface area (Å²) in [5, 5.41) is 12.4. The average Bonchev–Trinajstić information content (AvgIpc) is 2.34. The molecule has 2 amide bonds. The van der Waals surface area contributed by atoms with Crippen molar-refractivity contribution in [3.63, 3.8) is 0 Å². The van der Waals surface area contributed by atoms with Gasteiger partial charge in [0, 0.05) is 17.1 Å². The third-order valence-electron chi connectivity index (χ3n) is 4.06. The second kappa shape index (κ2) is 4.86. The van der Waals surface area contributed by atoms with Crippen LogP contribution >= 0.6 is 15.9 Å². The Morgan fingerprint density at radius 2 is 2.05 bits per heavy atom. The first-order valence-electron chi connectivity index (χ1n) is 6.77. The van der Waals surface area contributed by atoms with Crippen LogP contribution in [0, 0.1) is 0 Å². The number of urea groups is 1. The lowest BCUT2D eigenvalue weighted by Gasteiger charge is -2.48. The summed E-state index contributed by atoms with van der Waals surface area (Å²) < 4.78 is 40.4. The monoisotopic (exact) mass is 378 g/mol. The molecule has 0 radical (unpaired) electrons. The van der Waals surface area contributed by atoms with Crippen LogP contribution in [0.25, 0.3) is 0 Å². The number of fused-ring (bicyclic) bond motifs is 1. The van der Waals surface area contributed by atoms with Gasteiger partial charge in [0.25, 0.3) is 0 Å². The highest BCUT2D eigenvalue weighted by Gasteiger charge is 2.48. The first kappa shape index (κ1) is 15.6. The fourth-order valence-corrected chi connectivity index (χ4v) is 3.64. The highest BCUT2D eigenvalue weighted by atomic mass is 79.9. The predicted molar refractivity (Wildman–Crippen MR) is 77.5 cm³/mol. The van der Waals surface area contributed by atoms with E-state index in [2.05, 4.69) is 21.2 Å². The third-order valence-corrected chi connectivity index (χ3v) is 4.52. The van der Waals surface area contributed by atoms with Crippen molar-refractivity contribution in [3.05, 3.63) is 27.7 Å². The number of hydrogen-bond acceptors (Lipinski definition) is 2. The fraction of sp³-hybridized carbons (Fsp3) is 0.500. The minimum Gasteiger partial charge on any atom is -0.390 e. The quantitative estimate of drug-likeness (QED) is 0.786. The molecule has 1 aromatic rings. The normalized spacial score (nSPS) is 28.0. The summed E-state index contributed by atoms with van der Waals surface area (Å²) in [6, 6.07) is 1.58. The lowest BCUT2D eigenvalue weighted by Crippen LogP contribution is -2.59. The van der Waals surface area contributed by atoms with Gasteiger partial charge in [0.15, 0.2) is 0 Å². The molecular weight excluding hydrogens is 365 g/mol. The molecule has 8 heteroatoms. The van der Waals surface area contributed by atoms with E-state index in [1.165, 1.54) is 0 Å². The molecule has 22 heavy (non-hydrogen) atoms. The van der Waals surface area contributed by atoms with Crippen LogP contribution in [0.2, 0.25) is 0 Å². The zero-order valence-electron chi connectivity index (χ0n) is 11.7. The molecule has 0 spiro atoms. The molecular formula is C14H14BrF3N2O2. The van der Waals surface area contributed by atoms with E-state index in [-0.39, 0.29) is 25.1 Å². The Morgan fingerprint density at radius 1 is 1.41 bits per heavy atom. The summed E-state index contributed by atoms with van der Waals surface area (Å²) in [6.45, 7) is 1.66. The Kier molecular flexibility index (Phi) is 3.45. The number of carbonyl (C=O) groups is 1. The maximum atomic E-state index is 13.4. The molecule has 2 N–H and O–H groups in total. The van der Waals surface area contributed by atoms with Gasteiger partial charge in [0.1, 0.15) is 0 Å². The van der Waals surface area contributed by atoms with Crippen molar-refractivity contribution in [2.45, 2.75) is 44.1 Å². The smallest absolute Gasteiger partial charge is 0.390 e.